The molecule has 0 heterocycles. The molecule has 4 aromatic rings. The van der Waals surface area contributed by atoms with E-state index in [-0.39, 0.29) is 38.1 Å². The minimum Gasteiger partial charge on any atom is -0.496 e. The van der Waals surface area contributed by atoms with Gasteiger partial charge in [-0.1, -0.05) is 86.9 Å². The molecule has 0 saturated carbocycles. The van der Waals surface area contributed by atoms with Crippen molar-refractivity contribution in [3.05, 3.63) is 132 Å². The van der Waals surface area contributed by atoms with Gasteiger partial charge < -0.3 is 14.5 Å². The van der Waals surface area contributed by atoms with Crippen molar-refractivity contribution in [1.82, 2.24) is 0 Å². The third kappa shape index (κ3) is 11.2. The van der Waals surface area contributed by atoms with Crippen LogP contribution < -0.4 is 14.5 Å². The Morgan fingerprint density at radius 3 is 1.60 bits per heavy atom. The number of hydrogen-bond donors (Lipinski definition) is 0. The average molecular weight is 641 g/mol. The second-order valence-electron chi connectivity index (χ2n) is 12.1. The topological polar surface area (TPSA) is 15.7 Å². The van der Waals surface area contributed by atoms with E-state index >= 15 is 0 Å². The van der Waals surface area contributed by atoms with Crippen LogP contribution in [0.2, 0.25) is 0 Å². The third-order valence-electron chi connectivity index (χ3n) is 7.05. The minimum absolute atomic E-state index is 0. The van der Waals surface area contributed by atoms with Gasteiger partial charge in [0.2, 0.25) is 0 Å². The van der Waals surface area contributed by atoms with Crippen molar-refractivity contribution in [2.75, 3.05) is 45.1 Å². The summed E-state index contributed by atoms with van der Waals surface area (Å²) in [4.78, 5) is 4.12. The van der Waals surface area contributed by atoms with Gasteiger partial charge in [0.05, 0.1) is 7.11 Å². The van der Waals surface area contributed by atoms with Crippen molar-refractivity contribution in [3.8, 4) is 5.75 Å². The van der Waals surface area contributed by atoms with E-state index in [0.29, 0.717) is 5.92 Å². The van der Waals surface area contributed by atoms with Crippen molar-refractivity contribution in [2.45, 2.75) is 52.4 Å². The van der Waals surface area contributed by atoms with Gasteiger partial charge in [0.25, 0.3) is 0 Å². The molecule has 4 heteroatoms. The van der Waals surface area contributed by atoms with Gasteiger partial charge in [0.15, 0.2) is 0 Å². The van der Waals surface area contributed by atoms with Gasteiger partial charge in [0.1, 0.15) is 5.75 Å². The predicted molar refractivity (Wildman–Crippen MR) is 181 cm³/mol. The first-order valence-corrected chi connectivity index (χ1v) is 14.3. The second kappa shape index (κ2) is 17.4. The van der Waals surface area contributed by atoms with Gasteiger partial charge in [-0.25, -0.2) is 12.1 Å². The van der Waals surface area contributed by atoms with E-state index < -0.39 is 0 Å². The van der Waals surface area contributed by atoms with Crippen LogP contribution in [0.15, 0.2) is 84.9 Å². The molecule has 222 valence electrons. The van der Waals surface area contributed by atoms with E-state index in [1.54, 1.807) is 7.11 Å². The number of methoxy groups -OCH3 is 1. The zero-order valence-electron chi connectivity index (χ0n) is 27.7. The van der Waals surface area contributed by atoms with Crippen LogP contribution in [0, 0.1) is 20.8 Å². The minimum atomic E-state index is 0. The maximum atomic E-state index is 5.78. The van der Waals surface area contributed by atoms with Crippen LogP contribution in [0.1, 0.15) is 67.0 Å². The second-order valence-corrected chi connectivity index (χ2v) is 12.1. The third-order valence-corrected chi connectivity index (χ3v) is 7.05. The van der Waals surface area contributed by atoms with E-state index in [1.807, 2.05) is 64.6 Å². The summed E-state index contributed by atoms with van der Waals surface area (Å²) in [6, 6.07) is 29.3. The molecule has 0 aromatic heterocycles. The molecule has 0 N–H and O–H groups in total. The number of nitrogens with zero attached hydrogens (tertiary/aromatic N) is 2. The fourth-order valence-electron chi connectivity index (χ4n) is 4.86. The Bertz CT molecular complexity index is 1280. The van der Waals surface area contributed by atoms with Crippen LogP contribution in [0.3, 0.4) is 0 Å². The molecule has 42 heavy (non-hydrogen) atoms. The number of para-hydroxylation sites is 2. The van der Waals surface area contributed by atoms with Crippen LogP contribution in [0.25, 0.3) is 0 Å². The molecule has 0 aliphatic rings. The smallest absolute Gasteiger partial charge is 0.496 e. The zero-order valence-corrected chi connectivity index (χ0v) is 30.5. The van der Waals surface area contributed by atoms with E-state index in [9.17, 15) is 0 Å². The van der Waals surface area contributed by atoms with E-state index in [4.69, 9.17) is 4.74 Å². The molecule has 0 amide bonds. The number of ether oxygens (including phenoxy) is 1. The Morgan fingerprint density at radius 2 is 1.24 bits per heavy atom. The van der Waals surface area contributed by atoms with Crippen LogP contribution in [0.4, 0.5) is 11.4 Å². The number of rotatable bonds is 6. The van der Waals surface area contributed by atoms with Gasteiger partial charge in [0, 0.05) is 5.56 Å². The molecule has 0 fully saturated rings. The molecule has 1 atom stereocenters. The van der Waals surface area contributed by atoms with Gasteiger partial charge in [-0.15, -0.1) is 12.1 Å². The summed E-state index contributed by atoms with van der Waals surface area (Å²) in [6.45, 7) is 19.0. The summed E-state index contributed by atoms with van der Waals surface area (Å²) < 4.78 is 5.78. The Kier molecular flexibility index (Phi) is 15.4. The summed E-state index contributed by atoms with van der Waals surface area (Å²) in [5.41, 5.74) is 9.94. The Labute approximate surface area is 282 Å². The number of benzene rings is 3. The summed E-state index contributed by atoms with van der Waals surface area (Å²) in [7, 11) is 9.86. The summed E-state index contributed by atoms with van der Waals surface area (Å²) in [5, 5.41) is 0. The summed E-state index contributed by atoms with van der Waals surface area (Å²) >= 11 is 0. The molecular formula is C38H51N2OY. The van der Waals surface area contributed by atoms with Crippen molar-refractivity contribution in [1.29, 1.82) is 0 Å². The Morgan fingerprint density at radius 1 is 0.786 bits per heavy atom. The fourth-order valence-corrected chi connectivity index (χ4v) is 4.86. The Hall–Kier alpha value is -2.75. The van der Waals surface area contributed by atoms with Gasteiger partial charge in [-0.3, -0.25) is 0 Å². The molecule has 0 saturated heterocycles. The zero-order chi connectivity index (χ0) is 30.7. The maximum absolute atomic E-state index is 5.78. The number of hydrogen-bond acceptors (Lipinski definition) is 3. The average Bonchev–Trinajstić information content (AvgIpc) is 3.44. The molecule has 0 aliphatic heterocycles. The molecule has 0 bridgehead atoms. The SMILES string of the molecule is COc1c(CC(C)[c-]2cccc2)cc(C)cc1C(C)(C)C.[CH2-]c1ccccc1N(C)C.[CH2-]c1ccccc1N(C)C.[Y+3]. The van der Waals surface area contributed by atoms with E-state index in [2.05, 4.69) is 107 Å². The van der Waals surface area contributed by atoms with Crippen molar-refractivity contribution in [2.24, 2.45) is 0 Å². The molecule has 0 aliphatic carbocycles. The van der Waals surface area contributed by atoms with Crippen molar-refractivity contribution < 1.29 is 37.4 Å². The molecule has 0 radical (unpaired) electrons. The largest absolute Gasteiger partial charge is 3.00 e. The fraction of sp³-hybridized carbons (Fsp3) is 0.342. The van der Waals surface area contributed by atoms with Gasteiger partial charge in [-0.05, 0) is 52.5 Å². The number of aryl methyl sites for hydroxylation is 1. The number of anilines is 2. The van der Waals surface area contributed by atoms with E-state index in [1.165, 1.54) is 33.6 Å². The maximum Gasteiger partial charge on any atom is 3.00 e. The molecule has 4 aromatic carbocycles. The Balaban J connectivity index is 0.000000351. The van der Waals surface area contributed by atoms with Crippen LogP contribution in [-0.2, 0) is 44.5 Å². The molecular weight excluding hydrogens is 589 g/mol. The van der Waals surface area contributed by atoms with Crippen LogP contribution in [-0.4, -0.2) is 35.3 Å². The molecule has 3 nitrogen and oxygen atoms in total. The predicted octanol–water partition coefficient (Wildman–Crippen LogP) is 9.23. The molecule has 4 rings (SSSR count). The summed E-state index contributed by atoms with van der Waals surface area (Å²) in [5.74, 6) is 1.56. The van der Waals surface area contributed by atoms with Crippen molar-refractivity contribution in [3.63, 3.8) is 0 Å². The quantitative estimate of drug-likeness (QED) is 0.196. The van der Waals surface area contributed by atoms with Crippen LogP contribution >= 0.6 is 0 Å². The first-order valence-electron chi connectivity index (χ1n) is 14.3. The van der Waals surface area contributed by atoms with Gasteiger partial charge >= 0.3 is 32.7 Å². The normalized spacial score (nSPS) is 11.1. The van der Waals surface area contributed by atoms with Crippen molar-refractivity contribution >= 4 is 11.4 Å². The molecule has 1 unspecified atom stereocenters. The monoisotopic (exact) mass is 640 g/mol. The standard InChI is InChI=1S/C20H27O.2C9H12N.Y/c1-14-11-17(13-15(2)16-9-7-8-10-16)19(21-6)18(12-14)20(3,4)5;2*1-8-6-4-5-7-9(8)10(2)3;/h7-12,15H,13H2,1-6H3;2*4-7H,1H2,2-3H3;/q3*-1;+3. The van der Waals surface area contributed by atoms with Crippen LogP contribution in [0.5, 0.6) is 5.75 Å². The van der Waals surface area contributed by atoms with E-state index in [0.717, 1.165) is 23.3 Å². The summed E-state index contributed by atoms with van der Waals surface area (Å²) in [6.07, 6.45) is 1.01. The molecule has 0 spiro atoms. The first kappa shape index (κ1) is 37.3. The first-order chi connectivity index (χ1) is 19.3. The van der Waals surface area contributed by atoms with Gasteiger partial charge in [-0.2, -0.15) is 54.8 Å².